The molecule has 0 spiro atoms. The van der Waals surface area contributed by atoms with Crippen LogP contribution in [0.2, 0.25) is 5.02 Å². The van der Waals surface area contributed by atoms with Gasteiger partial charge in [-0.15, -0.1) is 0 Å². The first-order chi connectivity index (χ1) is 11.7. The lowest BCUT2D eigenvalue weighted by Crippen LogP contribution is -2.28. The quantitative estimate of drug-likeness (QED) is 0.748. The van der Waals surface area contributed by atoms with Crippen molar-refractivity contribution >= 4 is 28.5 Å². The fourth-order valence-corrected chi connectivity index (χ4v) is 2.78. The maximum absolute atomic E-state index is 12.1. The summed E-state index contributed by atoms with van der Waals surface area (Å²) in [5, 5.41) is 3.45. The van der Waals surface area contributed by atoms with E-state index in [1.807, 2.05) is 34.9 Å². The van der Waals surface area contributed by atoms with Crippen LogP contribution in [0.25, 0.3) is 11.0 Å². The van der Waals surface area contributed by atoms with Crippen LogP contribution in [-0.2, 0) is 17.8 Å². The Hall–Kier alpha value is -2.53. The maximum Gasteiger partial charge on any atom is 0.224 e. The lowest BCUT2D eigenvalue weighted by Gasteiger charge is -2.09. The number of rotatable bonds is 6. The van der Waals surface area contributed by atoms with E-state index in [2.05, 4.69) is 10.3 Å². The second-order valence-electron chi connectivity index (χ2n) is 5.41. The fraction of sp³-hybridized carbons (Fsp3) is 0.222. The molecule has 5 nitrogen and oxygen atoms in total. The van der Waals surface area contributed by atoms with Crippen LogP contribution in [0, 0.1) is 0 Å². The third-order valence-electron chi connectivity index (χ3n) is 3.81. The van der Waals surface area contributed by atoms with Gasteiger partial charge in [-0.1, -0.05) is 29.8 Å². The smallest absolute Gasteiger partial charge is 0.224 e. The van der Waals surface area contributed by atoms with Crippen molar-refractivity contribution in [3.63, 3.8) is 0 Å². The molecule has 0 atom stereocenters. The van der Waals surface area contributed by atoms with E-state index in [9.17, 15) is 4.79 Å². The first kappa shape index (κ1) is 16.3. The van der Waals surface area contributed by atoms with E-state index < -0.39 is 0 Å². The third-order valence-corrected chi connectivity index (χ3v) is 4.17. The highest BCUT2D eigenvalue weighted by atomic mass is 35.5. The van der Waals surface area contributed by atoms with Gasteiger partial charge in [-0.05, 0) is 29.8 Å². The molecule has 124 valence electrons. The minimum absolute atomic E-state index is 0.0634. The molecule has 3 rings (SSSR count). The van der Waals surface area contributed by atoms with Crippen molar-refractivity contribution < 1.29 is 9.53 Å². The van der Waals surface area contributed by atoms with E-state index in [1.54, 1.807) is 25.6 Å². The molecule has 0 aliphatic carbocycles. The van der Waals surface area contributed by atoms with Crippen molar-refractivity contribution in [3.05, 3.63) is 59.4 Å². The van der Waals surface area contributed by atoms with Crippen LogP contribution in [0.15, 0.2) is 48.8 Å². The third kappa shape index (κ3) is 3.68. The van der Waals surface area contributed by atoms with Gasteiger partial charge in [0.05, 0.1) is 30.9 Å². The largest absolute Gasteiger partial charge is 0.497 e. The number of hydrogen-bond donors (Lipinski definition) is 1. The number of hydrogen-bond acceptors (Lipinski definition) is 3. The van der Waals surface area contributed by atoms with Gasteiger partial charge in [0.2, 0.25) is 5.91 Å². The molecule has 1 heterocycles. The Kier molecular flexibility index (Phi) is 5.01. The summed E-state index contributed by atoms with van der Waals surface area (Å²) >= 11 is 6.16. The molecule has 0 aliphatic rings. The standard InChI is InChI=1S/C18H18ClN3O2/c1-24-14-7-6-13(15(19)11-14)10-18(23)20-8-9-22-12-21-16-4-2-3-5-17(16)22/h2-7,11-12H,8-10H2,1H3,(H,20,23). The lowest BCUT2D eigenvalue weighted by molar-refractivity contribution is -0.120. The molecular weight excluding hydrogens is 326 g/mol. The van der Waals surface area contributed by atoms with Crippen LogP contribution < -0.4 is 10.1 Å². The Balaban J connectivity index is 1.54. The van der Waals surface area contributed by atoms with Crippen molar-refractivity contribution in [2.75, 3.05) is 13.7 Å². The summed E-state index contributed by atoms with van der Waals surface area (Å²) in [5.41, 5.74) is 2.79. The molecule has 0 radical (unpaired) electrons. The molecule has 0 bridgehead atoms. The topological polar surface area (TPSA) is 56.1 Å². The minimum atomic E-state index is -0.0634. The summed E-state index contributed by atoms with van der Waals surface area (Å²) in [5.74, 6) is 0.614. The van der Waals surface area contributed by atoms with E-state index in [0.29, 0.717) is 23.9 Å². The number of benzene rings is 2. The molecule has 6 heteroatoms. The SMILES string of the molecule is COc1ccc(CC(=O)NCCn2cnc3ccccc32)c(Cl)c1. The Morgan fingerprint density at radius 3 is 2.92 bits per heavy atom. The van der Waals surface area contributed by atoms with Gasteiger partial charge in [0.1, 0.15) is 5.75 Å². The summed E-state index contributed by atoms with van der Waals surface area (Å²) in [6.07, 6.45) is 2.03. The van der Waals surface area contributed by atoms with Gasteiger partial charge in [-0.3, -0.25) is 4.79 Å². The van der Waals surface area contributed by atoms with Crippen molar-refractivity contribution in [1.82, 2.24) is 14.9 Å². The number of ether oxygens (including phenoxy) is 1. The number of para-hydroxylation sites is 2. The molecule has 1 aromatic heterocycles. The van der Waals surface area contributed by atoms with Crippen molar-refractivity contribution in [3.8, 4) is 5.75 Å². The molecule has 24 heavy (non-hydrogen) atoms. The molecule has 0 aliphatic heterocycles. The lowest BCUT2D eigenvalue weighted by atomic mass is 10.1. The molecule has 1 amide bonds. The fourth-order valence-electron chi connectivity index (χ4n) is 2.54. The van der Waals surface area contributed by atoms with Crippen molar-refractivity contribution in [2.45, 2.75) is 13.0 Å². The molecule has 0 saturated heterocycles. The maximum atomic E-state index is 12.1. The number of nitrogens with one attached hydrogen (secondary N) is 1. The number of carbonyl (C=O) groups is 1. The van der Waals surface area contributed by atoms with Crippen molar-refractivity contribution in [1.29, 1.82) is 0 Å². The van der Waals surface area contributed by atoms with Crippen LogP contribution in [0.1, 0.15) is 5.56 Å². The zero-order valence-electron chi connectivity index (χ0n) is 13.3. The Morgan fingerprint density at radius 1 is 1.29 bits per heavy atom. The predicted octanol–water partition coefficient (Wildman–Crippen LogP) is 3.06. The second kappa shape index (κ2) is 7.36. The number of nitrogens with zero attached hydrogens (tertiary/aromatic N) is 2. The monoisotopic (exact) mass is 343 g/mol. The molecule has 3 aromatic rings. The minimum Gasteiger partial charge on any atom is -0.497 e. The van der Waals surface area contributed by atoms with Crippen LogP contribution in [-0.4, -0.2) is 29.1 Å². The molecule has 0 saturated carbocycles. The first-order valence-corrected chi connectivity index (χ1v) is 8.04. The number of aromatic nitrogens is 2. The summed E-state index contributed by atoms with van der Waals surface area (Å²) in [6.45, 7) is 1.20. The van der Waals surface area contributed by atoms with Crippen molar-refractivity contribution in [2.24, 2.45) is 0 Å². The van der Waals surface area contributed by atoms with Crippen LogP contribution in [0.4, 0.5) is 0 Å². The Bertz CT molecular complexity index is 860. The number of methoxy groups -OCH3 is 1. The number of halogens is 1. The summed E-state index contributed by atoms with van der Waals surface area (Å²) in [6, 6.07) is 13.2. The molecule has 1 N–H and O–H groups in total. The number of amides is 1. The van der Waals surface area contributed by atoms with Gasteiger partial charge >= 0.3 is 0 Å². The van der Waals surface area contributed by atoms with E-state index in [-0.39, 0.29) is 12.3 Å². The Labute approximate surface area is 145 Å². The number of fused-ring (bicyclic) bond motifs is 1. The summed E-state index contributed by atoms with van der Waals surface area (Å²) < 4.78 is 7.13. The summed E-state index contributed by atoms with van der Waals surface area (Å²) in [7, 11) is 1.58. The van der Waals surface area contributed by atoms with Crippen LogP contribution in [0.5, 0.6) is 5.75 Å². The highest BCUT2D eigenvalue weighted by Crippen LogP contribution is 2.22. The van der Waals surface area contributed by atoms with Gasteiger partial charge < -0.3 is 14.6 Å². The second-order valence-corrected chi connectivity index (χ2v) is 5.82. The van der Waals surface area contributed by atoms with E-state index in [4.69, 9.17) is 16.3 Å². The predicted molar refractivity (Wildman–Crippen MR) is 94.5 cm³/mol. The van der Waals surface area contributed by atoms with Crippen LogP contribution in [0.3, 0.4) is 0 Å². The summed E-state index contributed by atoms with van der Waals surface area (Å²) in [4.78, 5) is 16.4. The molecular formula is C18H18ClN3O2. The molecule has 0 unspecified atom stereocenters. The number of carbonyl (C=O) groups excluding carboxylic acids is 1. The number of imidazole rings is 1. The average Bonchev–Trinajstić information content (AvgIpc) is 3.00. The van der Waals surface area contributed by atoms with E-state index >= 15 is 0 Å². The van der Waals surface area contributed by atoms with Gasteiger partial charge in [-0.25, -0.2) is 4.98 Å². The van der Waals surface area contributed by atoms with Gasteiger partial charge in [0.15, 0.2) is 0 Å². The highest BCUT2D eigenvalue weighted by Gasteiger charge is 2.08. The first-order valence-electron chi connectivity index (χ1n) is 7.66. The zero-order valence-corrected chi connectivity index (χ0v) is 14.1. The van der Waals surface area contributed by atoms with E-state index in [1.165, 1.54) is 0 Å². The van der Waals surface area contributed by atoms with Gasteiger partial charge in [0.25, 0.3) is 0 Å². The Morgan fingerprint density at radius 2 is 2.12 bits per heavy atom. The van der Waals surface area contributed by atoms with Gasteiger partial charge in [-0.2, -0.15) is 0 Å². The highest BCUT2D eigenvalue weighted by molar-refractivity contribution is 6.31. The zero-order chi connectivity index (χ0) is 16.9. The average molecular weight is 344 g/mol. The normalized spacial score (nSPS) is 10.8. The molecule has 0 fully saturated rings. The van der Waals surface area contributed by atoms with Crippen LogP contribution >= 0.6 is 11.6 Å². The molecule has 2 aromatic carbocycles. The van der Waals surface area contributed by atoms with E-state index in [0.717, 1.165) is 16.6 Å². The van der Waals surface area contributed by atoms with Gasteiger partial charge in [0, 0.05) is 18.1 Å².